The van der Waals surface area contributed by atoms with Crippen LogP contribution < -0.4 is 26.6 Å². The van der Waals surface area contributed by atoms with Crippen LogP contribution in [-0.2, 0) is 46.5 Å². The van der Waals surface area contributed by atoms with Crippen molar-refractivity contribution in [3.63, 3.8) is 0 Å². The van der Waals surface area contributed by atoms with Gasteiger partial charge in [0.15, 0.2) is 6.29 Å². The number of aromatic nitrogens is 2. The number of hydrogen-bond acceptors (Lipinski definition) is 17. The van der Waals surface area contributed by atoms with Crippen molar-refractivity contribution in [3.05, 3.63) is 71.7 Å². The molecule has 4 rings (SSSR count). The molecule has 5 amide bonds. The topological polar surface area (TPSA) is 394 Å². The molecule has 404 valence electrons. The van der Waals surface area contributed by atoms with E-state index in [1.807, 2.05) is 18.2 Å². The third-order valence-corrected chi connectivity index (χ3v) is 11.7. The quantitative estimate of drug-likeness (QED) is 0.0281. The largest absolute Gasteiger partial charge is 0.481 e. The number of urea groups is 1. The highest BCUT2D eigenvalue weighted by atomic mass is 16.5. The maximum atomic E-state index is 13.7. The van der Waals surface area contributed by atoms with Crippen molar-refractivity contribution in [2.75, 3.05) is 85.1 Å². The van der Waals surface area contributed by atoms with Gasteiger partial charge >= 0.3 is 35.9 Å². The maximum Gasteiger partial charge on any atom is 0.326 e. The average molecular weight is 1040 g/mol. The summed E-state index contributed by atoms with van der Waals surface area (Å²) < 4.78 is 0. The lowest BCUT2D eigenvalue weighted by Crippen LogP contribution is -2.51. The van der Waals surface area contributed by atoms with Gasteiger partial charge in [-0.2, -0.15) is 0 Å². The van der Waals surface area contributed by atoms with Crippen molar-refractivity contribution in [1.82, 2.24) is 56.2 Å². The van der Waals surface area contributed by atoms with Crippen LogP contribution in [0.4, 0.5) is 4.79 Å². The van der Waals surface area contributed by atoms with E-state index in [2.05, 4.69) is 36.6 Å². The zero-order chi connectivity index (χ0) is 54.2. The summed E-state index contributed by atoms with van der Waals surface area (Å²) in [5, 5.41) is 79.5. The molecule has 0 spiro atoms. The van der Waals surface area contributed by atoms with Crippen molar-refractivity contribution in [3.8, 4) is 0 Å². The SMILES string of the molecule is O=C(O)CC[C@H](NC(=O)N[C@@H](CCCCNC(=O)[C@H](Cc1ccc2ccccc2n1)NC(=O)c1ccc(CNC(=O)CN2CCN(CC(=O)O)CCN(CC(=O)O)CCN(CC(O)O)CC2)cn1)C(=O)O)C(=O)O. The number of aliphatic carboxylic acids is 5. The first-order valence-corrected chi connectivity index (χ1v) is 23.8. The number of hydrogen-bond donors (Lipinski definition) is 12. The fraction of sp³-hybridized carbons (Fsp3) is 0.511. The second-order valence-electron chi connectivity index (χ2n) is 17.6. The van der Waals surface area contributed by atoms with Gasteiger partial charge in [0.05, 0.1) is 25.2 Å². The molecule has 0 unspecified atom stereocenters. The van der Waals surface area contributed by atoms with E-state index in [4.69, 9.17) is 5.11 Å². The number of pyridine rings is 2. The molecule has 0 radical (unpaired) electrons. The van der Waals surface area contributed by atoms with Crippen LogP contribution in [-0.4, -0.2) is 228 Å². The van der Waals surface area contributed by atoms with Crippen LogP contribution in [0.5, 0.6) is 0 Å². The number of β-amino-alcohol motifs (C(OH)–C–C–N with tert-alkyl or cyclic N) is 2. The fourth-order valence-electron chi connectivity index (χ4n) is 7.79. The number of amides is 5. The Morgan fingerprint density at radius 1 is 0.595 bits per heavy atom. The lowest BCUT2D eigenvalue weighted by Gasteiger charge is -2.33. The smallest absolute Gasteiger partial charge is 0.326 e. The molecular weight excluding hydrogens is 975 g/mol. The molecule has 2 aromatic heterocycles. The summed E-state index contributed by atoms with van der Waals surface area (Å²) >= 11 is 0. The minimum atomic E-state index is -1.66. The van der Waals surface area contributed by atoms with E-state index < -0.39 is 84.9 Å². The Morgan fingerprint density at radius 2 is 1.18 bits per heavy atom. The lowest BCUT2D eigenvalue weighted by molar-refractivity contribution is -0.141. The number of rotatable bonds is 27. The van der Waals surface area contributed by atoms with Gasteiger partial charge in [0.1, 0.15) is 23.8 Å². The van der Waals surface area contributed by atoms with E-state index in [9.17, 15) is 73.8 Å². The van der Waals surface area contributed by atoms with Gasteiger partial charge in [-0.1, -0.05) is 30.3 Å². The van der Waals surface area contributed by atoms with E-state index in [-0.39, 0.29) is 129 Å². The molecular formula is C47H65N11O16. The molecule has 1 saturated heterocycles. The number of aliphatic hydroxyl groups excluding tert-OH is 1. The average Bonchev–Trinajstić information content (AvgIpc) is 3.34. The van der Waals surface area contributed by atoms with Gasteiger partial charge < -0.3 is 62.3 Å². The van der Waals surface area contributed by atoms with Gasteiger partial charge in [0.25, 0.3) is 5.91 Å². The summed E-state index contributed by atoms with van der Waals surface area (Å²) in [4.78, 5) is 126. The zero-order valence-corrected chi connectivity index (χ0v) is 40.6. The molecule has 3 heterocycles. The number of nitrogens with one attached hydrogen (secondary N) is 5. The highest BCUT2D eigenvalue weighted by Crippen LogP contribution is 2.14. The van der Waals surface area contributed by atoms with Gasteiger partial charge in [0, 0.05) is 102 Å². The van der Waals surface area contributed by atoms with Crippen LogP contribution in [0.3, 0.4) is 0 Å². The number of aliphatic hydroxyl groups is 2. The normalized spacial score (nSPS) is 15.6. The van der Waals surface area contributed by atoms with Crippen molar-refractivity contribution < 1.29 is 78.9 Å². The third kappa shape index (κ3) is 22.1. The predicted molar refractivity (Wildman–Crippen MR) is 260 cm³/mol. The summed E-state index contributed by atoms with van der Waals surface area (Å²) in [6.45, 7) is 1.38. The third-order valence-electron chi connectivity index (χ3n) is 11.7. The molecule has 0 saturated carbocycles. The zero-order valence-electron chi connectivity index (χ0n) is 40.6. The Labute approximate surface area is 424 Å². The van der Waals surface area contributed by atoms with E-state index >= 15 is 0 Å². The Kier molecular flexibility index (Phi) is 24.4. The number of benzene rings is 1. The minimum absolute atomic E-state index is 0.0177. The minimum Gasteiger partial charge on any atom is -0.481 e. The number of carboxylic acids is 5. The predicted octanol–water partition coefficient (Wildman–Crippen LogP) is -2.35. The second kappa shape index (κ2) is 30.6. The number of para-hydroxylation sites is 1. The molecule has 1 aliphatic heterocycles. The molecule has 12 N–H and O–H groups in total. The Morgan fingerprint density at radius 3 is 1.73 bits per heavy atom. The number of fused-ring (bicyclic) bond motifs is 1. The van der Waals surface area contributed by atoms with Crippen molar-refractivity contribution in [2.24, 2.45) is 0 Å². The molecule has 1 fully saturated rings. The van der Waals surface area contributed by atoms with Gasteiger partial charge in [0.2, 0.25) is 11.8 Å². The molecule has 3 aromatic rings. The van der Waals surface area contributed by atoms with Gasteiger partial charge in [-0.3, -0.25) is 58.3 Å². The molecule has 74 heavy (non-hydrogen) atoms. The first kappa shape index (κ1) is 59.1. The van der Waals surface area contributed by atoms with Crippen LogP contribution in [0.15, 0.2) is 54.7 Å². The summed E-state index contributed by atoms with van der Waals surface area (Å²) in [7, 11) is 0. The summed E-state index contributed by atoms with van der Waals surface area (Å²) in [5.41, 5.74) is 1.63. The maximum absolute atomic E-state index is 13.7. The van der Waals surface area contributed by atoms with Crippen LogP contribution in [0, 0.1) is 0 Å². The van der Waals surface area contributed by atoms with Crippen molar-refractivity contribution in [2.45, 2.75) is 69.5 Å². The fourth-order valence-corrected chi connectivity index (χ4v) is 7.79. The number of carboxylic acid groups (broad SMARTS) is 5. The first-order valence-electron chi connectivity index (χ1n) is 23.8. The monoisotopic (exact) mass is 1040 g/mol. The van der Waals surface area contributed by atoms with Gasteiger partial charge in [-0.25, -0.2) is 14.4 Å². The summed E-state index contributed by atoms with van der Waals surface area (Å²) in [5.74, 6) is -7.98. The van der Waals surface area contributed by atoms with E-state index in [0.717, 1.165) is 5.39 Å². The van der Waals surface area contributed by atoms with E-state index in [0.29, 0.717) is 16.8 Å². The molecule has 27 nitrogen and oxygen atoms in total. The standard InChI is InChI=1S/C47H65N11O16/c59-38(26-55-15-17-56(27-40(62)63)19-21-58(29-42(66)67)22-20-57(18-16-55)28-41(64)65)50-25-30-8-11-34(49-24-30)44(69)52-37(23-32-10-9-31-5-1-2-6-33(31)51-32)43(68)48-14-4-3-7-35(45(70)71)53-47(74)54-36(46(72)73)12-13-39(60)61/h1-2,5-6,8-11,24,35-37,40,62-63H,3-4,7,12-23,25-29H2,(H,48,68)(H,50,59)(H,52,69)(H,60,61)(H,64,65)(H,66,67)(H,70,71)(H,72,73)(H2,53,54,74)/t35-,36-,37-/m0/s1. The van der Waals surface area contributed by atoms with Crippen LogP contribution in [0.2, 0.25) is 0 Å². The number of carbonyl (C=O) groups is 9. The molecule has 0 aliphatic carbocycles. The second-order valence-corrected chi connectivity index (χ2v) is 17.6. The number of nitrogens with zero attached hydrogens (tertiary/aromatic N) is 6. The Balaban J connectivity index is 1.35. The highest BCUT2D eigenvalue weighted by Gasteiger charge is 2.27. The van der Waals surface area contributed by atoms with Gasteiger partial charge in [-0.15, -0.1) is 0 Å². The van der Waals surface area contributed by atoms with Crippen molar-refractivity contribution >= 4 is 64.5 Å². The first-order chi connectivity index (χ1) is 35.2. The van der Waals surface area contributed by atoms with Crippen LogP contribution in [0.25, 0.3) is 10.9 Å². The molecule has 27 heteroatoms. The molecule has 3 atom stereocenters. The molecule has 1 aromatic carbocycles. The summed E-state index contributed by atoms with van der Waals surface area (Å²) in [6, 6.07) is 8.57. The Hall–Kier alpha value is -7.43. The summed E-state index contributed by atoms with van der Waals surface area (Å²) in [6.07, 6.45) is -0.969. The van der Waals surface area contributed by atoms with E-state index in [1.165, 1.54) is 12.3 Å². The van der Waals surface area contributed by atoms with Gasteiger partial charge in [-0.05, 0) is 49.4 Å². The van der Waals surface area contributed by atoms with E-state index in [1.54, 1.807) is 43.9 Å². The molecule has 0 bridgehead atoms. The highest BCUT2D eigenvalue weighted by molar-refractivity contribution is 5.96. The Bertz CT molecular complexity index is 2390. The van der Waals surface area contributed by atoms with Crippen molar-refractivity contribution in [1.29, 1.82) is 0 Å². The molecule has 1 aliphatic rings. The lowest BCUT2D eigenvalue weighted by atomic mass is 10.1. The van der Waals surface area contributed by atoms with Crippen LogP contribution >= 0.6 is 0 Å². The number of carbonyl (C=O) groups excluding carboxylic acids is 4. The van der Waals surface area contributed by atoms with Crippen LogP contribution in [0.1, 0.15) is 53.8 Å². The number of unbranched alkanes of at least 4 members (excludes halogenated alkanes) is 1.